The first kappa shape index (κ1) is 14.4. The molecule has 1 aliphatic rings. The van der Waals surface area contributed by atoms with Crippen LogP contribution in [0.3, 0.4) is 0 Å². The van der Waals surface area contributed by atoms with Gasteiger partial charge in [0, 0.05) is 17.6 Å². The molecule has 21 heavy (non-hydrogen) atoms. The van der Waals surface area contributed by atoms with Crippen molar-refractivity contribution in [3.05, 3.63) is 64.9 Å². The highest BCUT2D eigenvalue weighted by Crippen LogP contribution is 2.35. The van der Waals surface area contributed by atoms with E-state index in [0.29, 0.717) is 12.0 Å². The molecule has 0 spiro atoms. The predicted molar refractivity (Wildman–Crippen MR) is 86.5 cm³/mol. The van der Waals surface area contributed by atoms with Crippen LogP contribution in [0.5, 0.6) is 0 Å². The number of hydrogen-bond acceptors (Lipinski definition) is 1. The molecule has 1 saturated carbocycles. The zero-order valence-corrected chi connectivity index (χ0v) is 12.6. The molecule has 0 aliphatic heterocycles. The number of benzene rings is 2. The maximum absolute atomic E-state index is 13.3. The third kappa shape index (κ3) is 3.38. The Labute approximate surface area is 130 Å². The number of halogens is 2. The maximum atomic E-state index is 13.3. The molecule has 2 atom stereocenters. The molecule has 0 bridgehead atoms. The maximum Gasteiger partial charge on any atom is 0.141 e. The summed E-state index contributed by atoms with van der Waals surface area (Å²) >= 11 is 5.87. The minimum absolute atomic E-state index is 0.173. The van der Waals surface area contributed by atoms with Crippen LogP contribution in [0.1, 0.15) is 37.2 Å². The number of hydrogen-bond donors (Lipinski definition) is 1. The molecular formula is C18H19ClFN. The summed E-state index contributed by atoms with van der Waals surface area (Å²) in [6, 6.07) is 15.9. The summed E-state index contributed by atoms with van der Waals surface area (Å²) in [5, 5.41) is 3.72. The molecule has 1 fully saturated rings. The summed E-state index contributed by atoms with van der Waals surface area (Å²) < 4.78 is 13.3. The zero-order chi connectivity index (χ0) is 14.7. The van der Waals surface area contributed by atoms with E-state index >= 15 is 0 Å². The molecule has 2 aromatic carbocycles. The second-order valence-corrected chi connectivity index (χ2v) is 6.09. The summed E-state index contributed by atoms with van der Waals surface area (Å²) in [5.41, 5.74) is 2.28. The first-order chi connectivity index (χ1) is 10.2. The van der Waals surface area contributed by atoms with Crippen LogP contribution in [0.2, 0.25) is 5.02 Å². The molecule has 2 unspecified atom stereocenters. The second kappa shape index (κ2) is 6.48. The minimum Gasteiger partial charge on any atom is -0.382 e. The van der Waals surface area contributed by atoms with Gasteiger partial charge in [0.05, 0.1) is 5.02 Å². The van der Waals surface area contributed by atoms with Gasteiger partial charge in [-0.3, -0.25) is 0 Å². The molecule has 0 heterocycles. The number of rotatable bonds is 3. The first-order valence-corrected chi connectivity index (χ1v) is 7.88. The first-order valence-electron chi connectivity index (χ1n) is 7.50. The fourth-order valence-electron chi connectivity index (χ4n) is 3.20. The lowest BCUT2D eigenvalue weighted by Crippen LogP contribution is -2.30. The minimum atomic E-state index is -0.370. The van der Waals surface area contributed by atoms with Crippen molar-refractivity contribution in [2.45, 2.75) is 37.6 Å². The molecule has 2 aromatic rings. The quantitative estimate of drug-likeness (QED) is 0.776. The Morgan fingerprint density at radius 2 is 1.76 bits per heavy atom. The third-order valence-electron chi connectivity index (χ3n) is 4.27. The number of anilines is 1. The fourth-order valence-corrected chi connectivity index (χ4v) is 3.38. The third-order valence-corrected chi connectivity index (χ3v) is 4.55. The summed E-state index contributed by atoms with van der Waals surface area (Å²) in [4.78, 5) is 0. The van der Waals surface area contributed by atoms with E-state index in [1.54, 1.807) is 12.1 Å². The van der Waals surface area contributed by atoms with Gasteiger partial charge in [-0.05, 0) is 36.6 Å². The fraction of sp³-hybridized carbons (Fsp3) is 0.333. The summed E-state index contributed by atoms with van der Waals surface area (Å²) in [6.07, 6.45) is 4.82. The van der Waals surface area contributed by atoms with Crippen molar-refractivity contribution in [3.63, 3.8) is 0 Å². The van der Waals surface area contributed by atoms with Crippen molar-refractivity contribution >= 4 is 17.3 Å². The Bertz CT molecular complexity index is 599. The van der Waals surface area contributed by atoms with Gasteiger partial charge in [0.15, 0.2) is 0 Å². The van der Waals surface area contributed by atoms with Crippen LogP contribution in [0.4, 0.5) is 10.1 Å². The molecule has 0 saturated heterocycles. The molecule has 1 nitrogen and oxygen atoms in total. The van der Waals surface area contributed by atoms with Crippen molar-refractivity contribution in [1.29, 1.82) is 0 Å². The van der Waals surface area contributed by atoms with E-state index in [0.717, 1.165) is 12.1 Å². The molecule has 0 radical (unpaired) electrons. The monoisotopic (exact) mass is 303 g/mol. The van der Waals surface area contributed by atoms with Crippen LogP contribution in [0.15, 0.2) is 48.5 Å². The van der Waals surface area contributed by atoms with Crippen molar-refractivity contribution in [3.8, 4) is 0 Å². The van der Waals surface area contributed by atoms with Crippen molar-refractivity contribution in [2.24, 2.45) is 0 Å². The van der Waals surface area contributed by atoms with Gasteiger partial charge in [0.1, 0.15) is 5.82 Å². The van der Waals surface area contributed by atoms with E-state index in [-0.39, 0.29) is 10.8 Å². The van der Waals surface area contributed by atoms with Gasteiger partial charge in [-0.1, -0.05) is 54.8 Å². The van der Waals surface area contributed by atoms with Crippen LogP contribution in [0, 0.1) is 5.82 Å². The lowest BCUT2D eigenvalue weighted by atomic mass is 9.80. The average Bonchev–Trinajstić information content (AvgIpc) is 2.52. The molecule has 1 aliphatic carbocycles. The van der Waals surface area contributed by atoms with Crippen molar-refractivity contribution in [2.75, 3.05) is 5.32 Å². The lowest BCUT2D eigenvalue weighted by Gasteiger charge is -2.33. The van der Waals surface area contributed by atoms with Gasteiger partial charge in [-0.15, -0.1) is 0 Å². The van der Waals surface area contributed by atoms with Crippen molar-refractivity contribution < 1.29 is 4.39 Å². The highest BCUT2D eigenvalue weighted by atomic mass is 35.5. The summed E-state index contributed by atoms with van der Waals surface area (Å²) in [6.45, 7) is 0. The Kier molecular flexibility index (Phi) is 4.45. The van der Waals surface area contributed by atoms with Crippen molar-refractivity contribution in [1.82, 2.24) is 0 Å². The standard InChI is InChI=1S/C18H19ClFN/c19-16-12-14(10-11-17(16)20)21-18-9-5-4-8-15(18)13-6-2-1-3-7-13/h1-3,6-7,10-12,15,18,21H,4-5,8-9H2. The largest absolute Gasteiger partial charge is 0.382 e. The van der Waals surface area contributed by atoms with Crippen LogP contribution < -0.4 is 5.32 Å². The highest BCUT2D eigenvalue weighted by Gasteiger charge is 2.26. The molecule has 1 N–H and O–H groups in total. The van der Waals surface area contributed by atoms with Crippen LogP contribution >= 0.6 is 11.6 Å². The van der Waals surface area contributed by atoms with Gasteiger partial charge >= 0.3 is 0 Å². The van der Waals surface area contributed by atoms with Crippen LogP contribution in [0.25, 0.3) is 0 Å². The molecular weight excluding hydrogens is 285 g/mol. The average molecular weight is 304 g/mol. The highest BCUT2D eigenvalue weighted by molar-refractivity contribution is 6.31. The SMILES string of the molecule is Fc1ccc(NC2CCCCC2c2ccccc2)cc1Cl. The molecule has 0 aromatic heterocycles. The van der Waals surface area contributed by atoms with Crippen LogP contribution in [-0.2, 0) is 0 Å². The number of nitrogens with one attached hydrogen (secondary N) is 1. The topological polar surface area (TPSA) is 12.0 Å². The smallest absolute Gasteiger partial charge is 0.141 e. The Morgan fingerprint density at radius 3 is 2.52 bits per heavy atom. The van der Waals surface area contributed by atoms with Gasteiger partial charge < -0.3 is 5.32 Å². The zero-order valence-electron chi connectivity index (χ0n) is 11.9. The second-order valence-electron chi connectivity index (χ2n) is 5.68. The van der Waals surface area contributed by atoms with E-state index in [9.17, 15) is 4.39 Å². The van der Waals surface area contributed by atoms with Crippen LogP contribution in [-0.4, -0.2) is 6.04 Å². The Balaban J connectivity index is 1.79. The van der Waals surface area contributed by atoms with E-state index in [4.69, 9.17) is 11.6 Å². The van der Waals surface area contributed by atoms with E-state index in [2.05, 4.69) is 35.6 Å². The summed E-state index contributed by atoms with van der Waals surface area (Å²) in [5.74, 6) is 0.134. The van der Waals surface area contributed by atoms with Gasteiger partial charge in [-0.25, -0.2) is 4.39 Å². The van der Waals surface area contributed by atoms with E-state index in [1.807, 2.05) is 0 Å². The Morgan fingerprint density at radius 1 is 1.00 bits per heavy atom. The van der Waals surface area contributed by atoms with Gasteiger partial charge in [0.25, 0.3) is 0 Å². The van der Waals surface area contributed by atoms with E-state index < -0.39 is 0 Å². The Hall–Kier alpha value is -1.54. The molecule has 3 heteroatoms. The summed E-state index contributed by atoms with van der Waals surface area (Å²) in [7, 11) is 0. The normalized spacial score (nSPS) is 22.0. The van der Waals surface area contributed by atoms with E-state index in [1.165, 1.54) is 30.9 Å². The van der Waals surface area contributed by atoms with Gasteiger partial charge in [0.2, 0.25) is 0 Å². The molecule has 110 valence electrons. The molecule has 3 rings (SSSR count). The van der Waals surface area contributed by atoms with Gasteiger partial charge in [-0.2, -0.15) is 0 Å². The lowest BCUT2D eigenvalue weighted by molar-refractivity contribution is 0.405. The molecule has 0 amide bonds. The predicted octanol–water partition coefficient (Wildman–Crippen LogP) is 5.62.